The number of nitrogens with zero attached hydrogens (tertiary/aromatic N) is 2. The van der Waals surface area contributed by atoms with E-state index in [1.807, 2.05) is 48.5 Å². The number of nitrogens with one attached hydrogen (secondary N) is 2. The normalized spacial score (nSPS) is 11.1. The predicted octanol–water partition coefficient (Wildman–Crippen LogP) is 3.66. The first kappa shape index (κ1) is 19.4. The van der Waals surface area contributed by atoms with E-state index in [1.165, 1.54) is 6.07 Å². The molecule has 1 aromatic heterocycles. The van der Waals surface area contributed by atoms with Crippen molar-refractivity contribution < 1.29 is 9.13 Å². The van der Waals surface area contributed by atoms with E-state index in [0.29, 0.717) is 31.2 Å². The number of rotatable bonds is 7. The molecule has 5 nitrogen and oxygen atoms in total. The Morgan fingerprint density at radius 2 is 1.71 bits per heavy atom. The minimum absolute atomic E-state index is 0.230. The molecule has 0 saturated heterocycles. The van der Waals surface area contributed by atoms with Crippen LogP contribution in [0.3, 0.4) is 0 Å². The number of guanidine groups is 1. The van der Waals surface area contributed by atoms with Crippen LogP contribution in [-0.4, -0.2) is 18.0 Å². The third-order valence-corrected chi connectivity index (χ3v) is 4.12. The predicted molar refractivity (Wildman–Crippen MR) is 108 cm³/mol. The summed E-state index contributed by atoms with van der Waals surface area (Å²) in [7, 11) is 1.69. The Kier molecular flexibility index (Phi) is 6.95. The Hall–Kier alpha value is -3.41. The van der Waals surface area contributed by atoms with Crippen molar-refractivity contribution in [3.05, 3.63) is 95.6 Å². The zero-order valence-electron chi connectivity index (χ0n) is 15.7. The summed E-state index contributed by atoms with van der Waals surface area (Å²) < 4.78 is 19.4. The topological polar surface area (TPSA) is 58.5 Å². The standard InChI is InChI=1S/C22H23FN4O/c1-24-22(27-15-18-6-2-3-8-21(18)23)26-14-17-9-11-20(12-10-17)28-16-19-7-4-5-13-25-19/h2-13H,14-16H2,1H3,(H2,24,26,27). The van der Waals surface area contributed by atoms with Crippen LogP contribution in [0.15, 0.2) is 77.9 Å². The van der Waals surface area contributed by atoms with Gasteiger partial charge in [-0.2, -0.15) is 0 Å². The molecule has 1 heterocycles. The molecule has 3 aromatic rings. The summed E-state index contributed by atoms with van der Waals surface area (Å²) in [5.41, 5.74) is 2.57. The summed E-state index contributed by atoms with van der Waals surface area (Å²) in [5.74, 6) is 1.17. The van der Waals surface area contributed by atoms with Gasteiger partial charge in [-0.15, -0.1) is 0 Å². The van der Waals surface area contributed by atoms with Gasteiger partial charge in [-0.05, 0) is 35.9 Å². The van der Waals surface area contributed by atoms with Crippen LogP contribution in [0.2, 0.25) is 0 Å². The third-order valence-electron chi connectivity index (χ3n) is 4.12. The summed E-state index contributed by atoms with van der Waals surface area (Å²) in [5, 5.41) is 6.33. The lowest BCUT2D eigenvalue weighted by atomic mass is 10.2. The number of ether oxygens (including phenoxy) is 1. The van der Waals surface area contributed by atoms with Crippen molar-refractivity contribution in [3.8, 4) is 5.75 Å². The molecule has 0 amide bonds. The SMILES string of the molecule is CN=C(NCc1ccc(OCc2ccccn2)cc1)NCc1ccccc1F. The lowest BCUT2D eigenvalue weighted by molar-refractivity contribution is 0.301. The van der Waals surface area contributed by atoms with Crippen LogP contribution in [0.1, 0.15) is 16.8 Å². The number of benzene rings is 2. The molecule has 0 bridgehead atoms. The highest BCUT2D eigenvalue weighted by Gasteiger charge is 2.03. The van der Waals surface area contributed by atoms with Gasteiger partial charge in [-0.25, -0.2) is 4.39 Å². The zero-order chi connectivity index (χ0) is 19.6. The van der Waals surface area contributed by atoms with Crippen molar-refractivity contribution in [1.82, 2.24) is 15.6 Å². The summed E-state index contributed by atoms with van der Waals surface area (Å²) in [6.07, 6.45) is 1.75. The van der Waals surface area contributed by atoms with Crippen molar-refractivity contribution in [3.63, 3.8) is 0 Å². The van der Waals surface area contributed by atoms with Crippen molar-refractivity contribution >= 4 is 5.96 Å². The van der Waals surface area contributed by atoms with Gasteiger partial charge in [0, 0.05) is 31.9 Å². The molecule has 0 aliphatic carbocycles. The highest BCUT2D eigenvalue weighted by atomic mass is 19.1. The molecular weight excluding hydrogens is 355 g/mol. The van der Waals surface area contributed by atoms with Crippen molar-refractivity contribution in [1.29, 1.82) is 0 Å². The molecule has 144 valence electrons. The Morgan fingerprint density at radius 3 is 2.43 bits per heavy atom. The second kappa shape index (κ2) is 10.1. The number of pyridine rings is 1. The molecule has 3 rings (SSSR count). The fourth-order valence-electron chi connectivity index (χ4n) is 2.57. The minimum atomic E-state index is -0.230. The van der Waals surface area contributed by atoms with E-state index < -0.39 is 0 Å². The number of hydrogen-bond acceptors (Lipinski definition) is 3. The van der Waals surface area contributed by atoms with E-state index in [1.54, 1.807) is 25.4 Å². The van der Waals surface area contributed by atoms with Crippen LogP contribution >= 0.6 is 0 Å². The molecule has 2 aromatic carbocycles. The minimum Gasteiger partial charge on any atom is -0.487 e. The molecule has 0 saturated carbocycles. The van der Waals surface area contributed by atoms with Crippen LogP contribution in [0.5, 0.6) is 5.75 Å². The van der Waals surface area contributed by atoms with E-state index in [-0.39, 0.29) is 5.82 Å². The van der Waals surface area contributed by atoms with E-state index >= 15 is 0 Å². The second-order valence-electron chi connectivity index (χ2n) is 6.12. The Labute approximate surface area is 164 Å². The highest BCUT2D eigenvalue weighted by molar-refractivity contribution is 5.79. The molecule has 0 atom stereocenters. The van der Waals surface area contributed by atoms with E-state index in [0.717, 1.165) is 17.0 Å². The molecule has 0 unspecified atom stereocenters. The Balaban J connectivity index is 1.46. The van der Waals surface area contributed by atoms with Gasteiger partial charge >= 0.3 is 0 Å². The first-order valence-electron chi connectivity index (χ1n) is 9.04. The van der Waals surface area contributed by atoms with E-state index in [4.69, 9.17) is 4.74 Å². The molecular formula is C22H23FN4O. The largest absolute Gasteiger partial charge is 0.487 e. The number of halogens is 1. The molecule has 2 N–H and O–H groups in total. The monoisotopic (exact) mass is 378 g/mol. The maximum absolute atomic E-state index is 13.7. The average Bonchev–Trinajstić information content (AvgIpc) is 2.75. The van der Waals surface area contributed by atoms with Crippen LogP contribution in [0.25, 0.3) is 0 Å². The van der Waals surface area contributed by atoms with Gasteiger partial charge in [0.1, 0.15) is 18.2 Å². The molecule has 28 heavy (non-hydrogen) atoms. The summed E-state index contributed by atoms with van der Waals surface area (Å²) >= 11 is 0. The van der Waals surface area contributed by atoms with Crippen LogP contribution in [0.4, 0.5) is 4.39 Å². The van der Waals surface area contributed by atoms with Crippen molar-refractivity contribution in [2.45, 2.75) is 19.7 Å². The number of hydrogen-bond donors (Lipinski definition) is 2. The smallest absolute Gasteiger partial charge is 0.191 e. The second-order valence-corrected chi connectivity index (χ2v) is 6.12. The zero-order valence-corrected chi connectivity index (χ0v) is 15.7. The molecule has 0 aliphatic heterocycles. The molecule has 0 aliphatic rings. The molecule has 0 spiro atoms. The van der Waals surface area contributed by atoms with E-state index in [2.05, 4.69) is 20.6 Å². The first-order chi connectivity index (χ1) is 13.7. The van der Waals surface area contributed by atoms with Gasteiger partial charge in [-0.3, -0.25) is 9.98 Å². The molecule has 0 radical (unpaired) electrons. The van der Waals surface area contributed by atoms with Gasteiger partial charge in [0.15, 0.2) is 5.96 Å². The summed E-state index contributed by atoms with van der Waals surface area (Å²) in [6, 6.07) is 20.3. The third kappa shape index (κ3) is 5.81. The van der Waals surface area contributed by atoms with Gasteiger partial charge in [0.25, 0.3) is 0 Å². The van der Waals surface area contributed by atoms with Crippen molar-refractivity contribution in [2.24, 2.45) is 4.99 Å². The Morgan fingerprint density at radius 1 is 0.964 bits per heavy atom. The van der Waals surface area contributed by atoms with Crippen LogP contribution < -0.4 is 15.4 Å². The maximum atomic E-state index is 13.7. The quantitative estimate of drug-likeness (QED) is 0.487. The lowest BCUT2D eigenvalue weighted by Crippen LogP contribution is -2.36. The fraction of sp³-hybridized carbons (Fsp3) is 0.182. The van der Waals surface area contributed by atoms with Crippen LogP contribution in [-0.2, 0) is 19.7 Å². The highest BCUT2D eigenvalue weighted by Crippen LogP contribution is 2.13. The lowest BCUT2D eigenvalue weighted by Gasteiger charge is -2.13. The van der Waals surface area contributed by atoms with Gasteiger partial charge in [-0.1, -0.05) is 36.4 Å². The molecule has 6 heteroatoms. The number of aliphatic imine (C=N–C) groups is 1. The fourth-order valence-corrected chi connectivity index (χ4v) is 2.57. The summed E-state index contributed by atoms with van der Waals surface area (Å²) in [4.78, 5) is 8.40. The van der Waals surface area contributed by atoms with Crippen molar-refractivity contribution in [2.75, 3.05) is 7.05 Å². The van der Waals surface area contributed by atoms with Gasteiger partial charge in [0.05, 0.1) is 5.69 Å². The number of aromatic nitrogens is 1. The average molecular weight is 378 g/mol. The van der Waals surface area contributed by atoms with E-state index in [9.17, 15) is 4.39 Å². The maximum Gasteiger partial charge on any atom is 0.191 e. The first-order valence-corrected chi connectivity index (χ1v) is 9.04. The Bertz CT molecular complexity index is 898. The van der Waals surface area contributed by atoms with Gasteiger partial charge in [0.2, 0.25) is 0 Å². The van der Waals surface area contributed by atoms with Gasteiger partial charge < -0.3 is 15.4 Å². The van der Waals surface area contributed by atoms with Crippen LogP contribution in [0, 0.1) is 5.82 Å². The molecule has 0 fully saturated rings. The summed E-state index contributed by atoms with van der Waals surface area (Å²) in [6.45, 7) is 1.40.